The monoisotopic (exact) mass is 247 g/mol. The third kappa shape index (κ3) is 3.56. The van der Waals surface area contributed by atoms with Crippen LogP contribution in [-0.4, -0.2) is 25.8 Å². The molecule has 1 heterocycles. The second-order valence-electron chi connectivity index (χ2n) is 5.27. The van der Waals surface area contributed by atoms with E-state index in [1.807, 2.05) is 0 Å². The molecule has 0 amide bonds. The van der Waals surface area contributed by atoms with Crippen LogP contribution in [0.5, 0.6) is 0 Å². The SMILES string of the molecule is CCNC(Cc1ccccc1C)C1CCCOC1. The van der Waals surface area contributed by atoms with E-state index in [0.717, 1.165) is 26.2 Å². The molecule has 1 fully saturated rings. The Morgan fingerprint density at radius 1 is 1.39 bits per heavy atom. The molecular weight excluding hydrogens is 222 g/mol. The summed E-state index contributed by atoms with van der Waals surface area (Å²) in [5.74, 6) is 0.665. The Morgan fingerprint density at radius 2 is 2.22 bits per heavy atom. The Labute approximate surface area is 111 Å². The second kappa shape index (κ2) is 6.91. The van der Waals surface area contributed by atoms with Crippen molar-refractivity contribution in [3.63, 3.8) is 0 Å². The van der Waals surface area contributed by atoms with Gasteiger partial charge in [-0.3, -0.25) is 0 Å². The molecule has 1 N–H and O–H groups in total. The minimum Gasteiger partial charge on any atom is -0.381 e. The summed E-state index contributed by atoms with van der Waals surface area (Å²) in [5.41, 5.74) is 2.87. The smallest absolute Gasteiger partial charge is 0.0509 e. The van der Waals surface area contributed by atoms with Crippen molar-refractivity contribution in [3.05, 3.63) is 35.4 Å². The van der Waals surface area contributed by atoms with Crippen molar-refractivity contribution in [2.24, 2.45) is 5.92 Å². The standard InChI is InChI=1S/C16H25NO/c1-3-17-16(15-9-6-10-18-12-15)11-14-8-5-4-7-13(14)2/h4-5,7-8,15-17H,3,6,9-12H2,1-2H3. The first-order valence-electron chi connectivity index (χ1n) is 7.17. The minimum atomic E-state index is 0.552. The fourth-order valence-electron chi connectivity index (χ4n) is 2.83. The lowest BCUT2D eigenvalue weighted by molar-refractivity contribution is 0.0395. The summed E-state index contributed by atoms with van der Waals surface area (Å²) >= 11 is 0. The van der Waals surface area contributed by atoms with Crippen LogP contribution in [0.4, 0.5) is 0 Å². The van der Waals surface area contributed by atoms with Crippen molar-refractivity contribution in [3.8, 4) is 0 Å². The maximum absolute atomic E-state index is 5.64. The molecular formula is C16H25NO. The number of likely N-dealkylation sites (N-methyl/N-ethyl adjacent to an activating group) is 1. The quantitative estimate of drug-likeness (QED) is 0.864. The molecule has 100 valence electrons. The van der Waals surface area contributed by atoms with Crippen molar-refractivity contribution < 1.29 is 4.74 Å². The average Bonchev–Trinajstić information content (AvgIpc) is 2.42. The maximum Gasteiger partial charge on any atom is 0.0509 e. The maximum atomic E-state index is 5.64. The van der Waals surface area contributed by atoms with Gasteiger partial charge in [0.05, 0.1) is 6.61 Å². The van der Waals surface area contributed by atoms with E-state index < -0.39 is 0 Å². The molecule has 1 aliphatic rings. The lowest BCUT2D eigenvalue weighted by Gasteiger charge is -2.31. The van der Waals surface area contributed by atoms with Crippen molar-refractivity contribution in [1.82, 2.24) is 5.32 Å². The van der Waals surface area contributed by atoms with Crippen molar-refractivity contribution in [2.75, 3.05) is 19.8 Å². The van der Waals surface area contributed by atoms with Gasteiger partial charge in [0.1, 0.15) is 0 Å². The van der Waals surface area contributed by atoms with Crippen LogP contribution in [0.3, 0.4) is 0 Å². The first-order valence-corrected chi connectivity index (χ1v) is 7.17. The molecule has 1 saturated heterocycles. The van der Waals surface area contributed by atoms with E-state index in [1.165, 1.54) is 24.0 Å². The van der Waals surface area contributed by atoms with Crippen LogP contribution in [0.2, 0.25) is 0 Å². The molecule has 0 radical (unpaired) electrons. The van der Waals surface area contributed by atoms with Crippen LogP contribution in [0, 0.1) is 12.8 Å². The van der Waals surface area contributed by atoms with E-state index in [2.05, 4.69) is 43.4 Å². The van der Waals surface area contributed by atoms with Gasteiger partial charge in [-0.1, -0.05) is 31.2 Å². The highest BCUT2D eigenvalue weighted by Crippen LogP contribution is 2.21. The molecule has 1 aromatic carbocycles. The molecule has 0 bridgehead atoms. The van der Waals surface area contributed by atoms with Crippen LogP contribution in [0.1, 0.15) is 30.9 Å². The highest BCUT2D eigenvalue weighted by Gasteiger charge is 2.23. The summed E-state index contributed by atoms with van der Waals surface area (Å²) in [6, 6.07) is 9.27. The van der Waals surface area contributed by atoms with E-state index >= 15 is 0 Å². The Hall–Kier alpha value is -0.860. The fraction of sp³-hybridized carbons (Fsp3) is 0.625. The molecule has 0 spiro atoms. The largest absolute Gasteiger partial charge is 0.381 e. The number of hydrogen-bond acceptors (Lipinski definition) is 2. The molecule has 2 nitrogen and oxygen atoms in total. The van der Waals surface area contributed by atoms with Gasteiger partial charge in [0.2, 0.25) is 0 Å². The van der Waals surface area contributed by atoms with E-state index in [4.69, 9.17) is 4.74 Å². The third-order valence-electron chi connectivity index (χ3n) is 3.93. The predicted molar refractivity (Wildman–Crippen MR) is 75.9 cm³/mol. The number of ether oxygens (including phenoxy) is 1. The molecule has 0 aromatic heterocycles. The highest BCUT2D eigenvalue weighted by molar-refractivity contribution is 5.26. The van der Waals surface area contributed by atoms with Gasteiger partial charge >= 0.3 is 0 Å². The summed E-state index contributed by atoms with van der Waals surface area (Å²) in [6.07, 6.45) is 3.62. The number of hydrogen-bond donors (Lipinski definition) is 1. The van der Waals surface area contributed by atoms with Crippen molar-refractivity contribution >= 4 is 0 Å². The van der Waals surface area contributed by atoms with E-state index in [-0.39, 0.29) is 0 Å². The number of rotatable bonds is 5. The predicted octanol–water partition coefficient (Wildman–Crippen LogP) is 2.94. The first-order chi connectivity index (χ1) is 8.81. The van der Waals surface area contributed by atoms with Gasteiger partial charge in [-0.05, 0) is 49.8 Å². The Kier molecular flexibility index (Phi) is 5.21. The van der Waals surface area contributed by atoms with Gasteiger partial charge in [0.15, 0.2) is 0 Å². The number of aryl methyl sites for hydroxylation is 1. The Balaban J connectivity index is 2.03. The van der Waals surface area contributed by atoms with Gasteiger partial charge in [-0.15, -0.1) is 0 Å². The van der Waals surface area contributed by atoms with Crippen LogP contribution in [0.15, 0.2) is 24.3 Å². The van der Waals surface area contributed by atoms with Crippen LogP contribution < -0.4 is 5.32 Å². The van der Waals surface area contributed by atoms with E-state index in [0.29, 0.717) is 12.0 Å². The van der Waals surface area contributed by atoms with Gasteiger partial charge in [0.25, 0.3) is 0 Å². The fourth-order valence-corrected chi connectivity index (χ4v) is 2.83. The van der Waals surface area contributed by atoms with Crippen LogP contribution >= 0.6 is 0 Å². The lowest BCUT2D eigenvalue weighted by atomic mass is 9.88. The molecule has 2 rings (SSSR count). The average molecular weight is 247 g/mol. The summed E-state index contributed by atoms with van der Waals surface area (Å²) in [7, 11) is 0. The second-order valence-corrected chi connectivity index (χ2v) is 5.27. The molecule has 2 heteroatoms. The highest BCUT2D eigenvalue weighted by atomic mass is 16.5. The van der Waals surface area contributed by atoms with Crippen molar-refractivity contribution in [1.29, 1.82) is 0 Å². The summed E-state index contributed by atoms with van der Waals surface area (Å²) in [5, 5.41) is 3.65. The first kappa shape index (κ1) is 13.6. The molecule has 1 aromatic rings. The zero-order valence-corrected chi connectivity index (χ0v) is 11.6. The van der Waals surface area contributed by atoms with E-state index in [9.17, 15) is 0 Å². The summed E-state index contributed by atoms with van der Waals surface area (Å²) < 4.78 is 5.64. The molecule has 1 aliphatic heterocycles. The number of benzene rings is 1. The van der Waals surface area contributed by atoms with Gasteiger partial charge in [-0.2, -0.15) is 0 Å². The molecule has 0 aliphatic carbocycles. The van der Waals surface area contributed by atoms with Gasteiger partial charge in [-0.25, -0.2) is 0 Å². The molecule has 2 unspecified atom stereocenters. The van der Waals surface area contributed by atoms with Crippen LogP contribution in [-0.2, 0) is 11.2 Å². The van der Waals surface area contributed by atoms with Gasteiger partial charge in [0, 0.05) is 12.6 Å². The zero-order chi connectivity index (χ0) is 12.8. The lowest BCUT2D eigenvalue weighted by Crippen LogP contribution is -2.41. The molecule has 2 atom stereocenters. The number of nitrogens with one attached hydrogen (secondary N) is 1. The normalized spacial score (nSPS) is 21.8. The Morgan fingerprint density at radius 3 is 2.89 bits per heavy atom. The van der Waals surface area contributed by atoms with Crippen LogP contribution in [0.25, 0.3) is 0 Å². The third-order valence-corrected chi connectivity index (χ3v) is 3.93. The minimum absolute atomic E-state index is 0.552. The molecule has 0 saturated carbocycles. The Bertz CT molecular complexity index is 358. The summed E-state index contributed by atoms with van der Waals surface area (Å²) in [4.78, 5) is 0. The molecule has 18 heavy (non-hydrogen) atoms. The van der Waals surface area contributed by atoms with Crippen molar-refractivity contribution in [2.45, 2.75) is 39.2 Å². The topological polar surface area (TPSA) is 21.3 Å². The van der Waals surface area contributed by atoms with E-state index in [1.54, 1.807) is 0 Å². The zero-order valence-electron chi connectivity index (χ0n) is 11.6. The summed E-state index contributed by atoms with van der Waals surface area (Å²) in [6.45, 7) is 7.29. The van der Waals surface area contributed by atoms with Gasteiger partial charge < -0.3 is 10.1 Å².